The van der Waals surface area contributed by atoms with Gasteiger partial charge in [-0.05, 0) is 13.3 Å². The van der Waals surface area contributed by atoms with Crippen LogP contribution in [0.15, 0.2) is 10.9 Å². The van der Waals surface area contributed by atoms with E-state index in [1.165, 1.54) is 6.39 Å². The standard InChI is InChI=1S/C7H11N3O2/c1-5-7(8,2-3-11-5)6-9-4-12-10-6/h4-5H,2-3,8H2,1H3. The molecule has 1 aliphatic heterocycles. The predicted octanol–water partition coefficient (Wildman–Crippen LogP) is 0.0324. The Balaban J connectivity index is 2.32. The van der Waals surface area contributed by atoms with E-state index in [0.717, 1.165) is 6.42 Å². The van der Waals surface area contributed by atoms with Gasteiger partial charge in [0.25, 0.3) is 0 Å². The van der Waals surface area contributed by atoms with E-state index in [-0.39, 0.29) is 6.10 Å². The van der Waals surface area contributed by atoms with Crippen molar-refractivity contribution in [2.75, 3.05) is 6.61 Å². The van der Waals surface area contributed by atoms with Crippen LogP contribution in [0.5, 0.6) is 0 Å². The zero-order valence-electron chi connectivity index (χ0n) is 6.86. The highest BCUT2D eigenvalue weighted by Crippen LogP contribution is 2.30. The molecular weight excluding hydrogens is 158 g/mol. The molecule has 12 heavy (non-hydrogen) atoms. The zero-order chi connectivity index (χ0) is 8.60. The van der Waals surface area contributed by atoms with Crippen molar-refractivity contribution in [3.05, 3.63) is 12.2 Å². The van der Waals surface area contributed by atoms with Gasteiger partial charge in [0.2, 0.25) is 6.39 Å². The number of hydrogen-bond donors (Lipinski definition) is 1. The normalized spacial score (nSPS) is 35.7. The topological polar surface area (TPSA) is 74.2 Å². The van der Waals surface area contributed by atoms with Crippen LogP contribution in [0.3, 0.4) is 0 Å². The Labute approximate surface area is 69.9 Å². The summed E-state index contributed by atoms with van der Waals surface area (Å²) in [5, 5.41) is 3.73. The lowest BCUT2D eigenvalue weighted by molar-refractivity contribution is 0.0918. The molecule has 1 fully saturated rings. The lowest BCUT2D eigenvalue weighted by Crippen LogP contribution is -2.43. The first-order chi connectivity index (χ1) is 5.73. The van der Waals surface area contributed by atoms with Crippen molar-refractivity contribution < 1.29 is 9.26 Å². The van der Waals surface area contributed by atoms with Crippen LogP contribution in [0.4, 0.5) is 0 Å². The summed E-state index contributed by atoms with van der Waals surface area (Å²) in [6.45, 7) is 2.58. The van der Waals surface area contributed by atoms with E-state index in [1.807, 2.05) is 6.92 Å². The Morgan fingerprint density at radius 3 is 3.08 bits per heavy atom. The van der Waals surface area contributed by atoms with E-state index in [1.54, 1.807) is 0 Å². The molecule has 0 amide bonds. The van der Waals surface area contributed by atoms with Crippen LogP contribution < -0.4 is 5.73 Å². The van der Waals surface area contributed by atoms with Crippen LogP contribution in [-0.4, -0.2) is 22.9 Å². The highest BCUT2D eigenvalue weighted by Gasteiger charge is 2.42. The Hall–Kier alpha value is -0.940. The van der Waals surface area contributed by atoms with Gasteiger partial charge >= 0.3 is 0 Å². The first-order valence-electron chi connectivity index (χ1n) is 3.91. The predicted molar refractivity (Wildman–Crippen MR) is 40.2 cm³/mol. The molecule has 2 N–H and O–H groups in total. The molecule has 2 unspecified atom stereocenters. The maximum absolute atomic E-state index is 6.06. The fraction of sp³-hybridized carbons (Fsp3) is 0.714. The van der Waals surface area contributed by atoms with Gasteiger partial charge in [-0.3, -0.25) is 0 Å². The zero-order valence-corrected chi connectivity index (χ0v) is 6.86. The minimum Gasteiger partial charge on any atom is -0.376 e. The largest absolute Gasteiger partial charge is 0.376 e. The van der Waals surface area contributed by atoms with Gasteiger partial charge in [0.1, 0.15) is 5.54 Å². The molecule has 2 atom stereocenters. The number of hydrogen-bond acceptors (Lipinski definition) is 5. The van der Waals surface area contributed by atoms with Crippen LogP contribution in [-0.2, 0) is 10.3 Å². The third-order valence-corrected chi connectivity index (χ3v) is 2.39. The maximum Gasteiger partial charge on any atom is 0.213 e. The lowest BCUT2D eigenvalue weighted by atomic mass is 9.93. The molecule has 0 aliphatic carbocycles. The number of aromatic nitrogens is 2. The monoisotopic (exact) mass is 169 g/mol. The molecule has 2 heterocycles. The summed E-state index contributed by atoms with van der Waals surface area (Å²) in [6.07, 6.45) is 1.98. The molecule has 1 aromatic rings. The molecule has 1 aliphatic rings. The van der Waals surface area contributed by atoms with E-state index >= 15 is 0 Å². The summed E-state index contributed by atoms with van der Waals surface area (Å²) < 4.78 is 9.99. The number of rotatable bonds is 1. The second-order valence-electron chi connectivity index (χ2n) is 3.06. The van der Waals surface area contributed by atoms with Crippen molar-refractivity contribution in [2.45, 2.75) is 25.0 Å². The van der Waals surface area contributed by atoms with Gasteiger partial charge < -0.3 is 15.0 Å². The third-order valence-electron chi connectivity index (χ3n) is 2.39. The minimum absolute atomic E-state index is 0.0462. The highest BCUT2D eigenvalue weighted by molar-refractivity contribution is 5.07. The molecule has 0 bridgehead atoms. The number of nitrogens with two attached hydrogens (primary N) is 1. The van der Waals surface area contributed by atoms with Crippen molar-refractivity contribution in [3.8, 4) is 0 Å². The van der Waals surface area contributed by atoms with Crippen molar-refractivity contribution in [1.82, 2.24) is 10.1 Å². The lowest BCUT2D eigenvalue weighted by Gasteiger charge is -2.22. The molecule has 5 heteroatoms. The Morgan fingerprint density at radius 1 is 1.75 bits per heavy atom. The van der Waals surface area contributed by atoms with Gasteiger partial charge in [-0.1, -0.05) is 5.16 Å². The maximum atomic E-state index is 6.06. The van der Waals surface area contributed by atoms with E-state index in [0.29, 0.717) is 12.4 Å². The molecule has 0 radical (unpaired) electrons. The minimum atomic E-state index is -0.562. The first kappa shape index (κ1) is 7.70. The molecule has 5 nitrogen and oxygen atoms in total. The average molecular weight is 169 g/mol. The van der Waals surface area contributed by atoms with E-state index in [2.05, 4.69) is 14.7 Å². The molecule has 66 valence electrons. The second kappa shape index (κ2) is 2.53. The van der Waals surface area contributed by atoms with Gasteiger partial charge in [0, 0.05) is 6.61 Å². The van der Waals surface area contributed by atoms with Crippen molar-refractivity contribution in [3.63, 3.8) is 0 Å². The van der Waals surface area contributed by atoms with Crippen molar-refractivity contribution >= 4 is 0 Å². The summed E-state index contributed by atoms with van der Waals surface area (Å²) in [7, 11) is 0. The summed E-state index contributed by atoms with van der Waals surface area (Å²) in [6, 6.07) is 0. The van der Waals surface area contributed by atoms with Crippen LogP contribution in [0, 0.1) is 0 Å². The Morgan fingerprint density at radius 2 is 2.58 bits per heavy atom. The fourth-order valence-electron chi connectivity index (χ4n) is 1.43. The molecule has 1 aromatic heterocycles. The quantitative estimate of drug-likeness (QED) is 0.642. The summed E-state index contributed by atoms with van der Waals surface area (Å²) in [5.74, 6) is 0.535. The van der Waals surface area contributed by atoms with E-state index in [4.69, 9.17) is 10.5 Å². The summed E-state index contributed by atoms with van der Waals surface area (Å²) >= 11 is 0. The molecule has 0 spiro atoms. The molecular formula is C7H11N3O2. The molecule has 0 aromatic carbocycles. The molecule has 0 saturated carbocycles. The van der Waals surface area contributed by atoms with E-state index in [9.17, 15) is 0 Å². The van der Waals surface area contributed by atoms with Crippen LogP contribution >= 0.6 is 0 Å². The van der Waals surface area contributed by atoms with Gasteiger partial charge in [-0.2, -0.15) is 4.98 Å². The van der Waals surface area contributed by atoms with Crippen molar-refractivity contribution in [2.24, 2.45) is 5.73 Å². The van der Waals surface area contributed by atoms with Gasteiger partial charge in [0.15, 0.2) is 5.82 Å². The first-order valence-corrected chi connectivity index (χ1v) is 3.91. The van der Waals surface area contributed by atoms with Gasteiger partial charge in [-0.25, -0.2) is 0 Å². The summed E-state index contributed by atoms with van der Waals surface area (Å²) in [5.41, 5.74) is 5.50. The van der Waals surface area contributed by atoms with Crippen LogP contribution in [0.25, 0.3) is 0 Å². The Kier molecular flexibility index (Phi) is 1.62. The SMILES string of the molecule is CC1OCCC1(N)c1ncon1. The third kappa shape index (κ3) is 0.937. The van der Waals surface area contributed by atoms with Crippen molar-refractivity contribution in [1.29, 1.82) is 0 Å². The number of nitrogens with zero attached hydrogens (tertiary/aromatic N) is 2. The number of ether oxygens (including phenoxy) is 1. The van der Waals surface area contributed by atoms with Gasteiger partial charge in [-0.15, -0.1) is 0 Å². The molecule has 2 rings (SSSR count). The smallest absolute Gasteiger partial charge is 0.213 e. The van der Waals surface area contributed by atoms with Gasteiger partial charge in [0.05, 0.1) is 6.10 Å². The Bertz CT molecular complexity index is 262. The fourth-order valence-corrected chi connectivity index (χ4v) is 1.43. The second-order valence-corrected chi connectivity index (χ2v) is 3.06. The summed E-state index contributed by atoms with van der Waals surface area (Å²) in [4.78, 5) is 3.94. The van der Waals surface area contributed by atoms with Crippen LogP contribution in [0.1, 0.15) is 19.2 Å². The van der Waals surface area contributed by atoms with E-state index < -0.39 is 5.54 Å². The average Bonchev–Trinajstić information content (AvgIpc) is 2.62. The molecule has 1 saturated heterocycles. The highest BCUT2D eigenvalue weighted by atomic mass is 16.5. The van der Waals surface area contributed by atoms with Crippen LogP contribution in [0.2, 0.25) is 0 Å².